The Labute approximate surface area is 62.4 Å². The molecule has 0 aromatic heterocycles. The summed E-state index contributed by atoms with van der Waals surface area (Å²) in [5.74, 6) is 0.872. The topological polar surface area (TPSA) is 24.1 Å². The van der Waals surface area contributed by atoms with E-state index in [1.54, 1.807) is 0 Å². The summed E-state index contributed by atoms with van der Waals surface area (Å²) in [6, 6.07) is 0.850. The summed E-state index contributed by atoms with van der Waals surface area (Å²) in [7, 11) is 0. The minimum absolute atomic E-state index is 0.627. The second-order valence-corrected chi connectivity index (χ2v) is 3.74. The van der Waals surface area contributed by atoms with Gasteiger partial charge < -0.3 is 5.32 Å². The molecule has 2 N–H and O–H groups in total. The first-order chi connectivity index (χ1) is 4.84. The average molecular weight is 140 g/mol. The van der Waals surface area contributed by atoms with E-state index in [1.807, 2.05) is 0 Å². The number of rotatable bonds is 2. The first kappa shape index (κ1) is 6.62. The fraction of sp³-hybridized carbons (Fsp3) is 1.00. The molecule has 0 aromatic carbocycles. The van der Waals surface area contributed by atoms with Crippen molar-refractivity contribution in [3.63, 3.8) is 0 Å². The molecule has 2 fully saturated rings. The monoisotopic (exact) mass is 140 g/mol. The molecular weight excluding hydrogens is 124 g/mol. The highest BCUT2D eigenvalue weighted by Gasteiger charge is 2.27. The van der Waals surface area contributed by atoms with Crippen molar-refractivity contribution >= 4 is 0 Å². The van der Waals surface area contributed by atoms with Gasteiger partial charge in [-0.2, -0.15) is 0 Å². The standard InChI is InChI=1S/C8H16N2/c1-6-4-8(9-5-6)10-7-2-3-7/h6-10H,2-5H2,1H3. The summed E-state index contributed by atoms with van der Waals surface area (Å²) in [4.78, 5) is 0. The zero-order valence-corrected chi connectivity index (χ0v) is 6.56. The predicted molar refractivity (Wildman–Crippen MR) is 41.7 cm³/mol. The zero-order valence-electron chi connectivity index (χ0n) is 6.56. The highest BCUT2D eigenvalue weighted by atomic mass is 15.2. The van der Waals surface area contributed by atoms with Crippen LogP contribution >= 0.6 is 0 Å². The Morgan fingerprint density at radius 2 is 2.20 bits per heavy atom. The SMILES string of the molecule is CC1CNC(NC2CC2)C1. The van der Waals surface area contributed by atoms with Crippen LogP contribution in [-0.2, 0) is 0 Å². The van der Waals surface area contributed by atoms with Crippen LogP contribution in [0.1, 0.15) is 26.2 Å². The van der Waals surface area contributed by atoms with Crippen molar-refractivity contribution in [1.29, 1.82) is 0 Å². The first-order valence-electron chi connectivity index (χ1n) is 4.34. The van der Waals surface area contributed by atoms with Crippen molar-refractivity contribution in [2.45, 2.75) is 38.4 Å². The van der Waals surface area contributed by atoms with E-state index in [4.69, 9.17) is 0 Å². The van der Waals surface area contributed by atoms with Crippen LogP contribution in [-0.4, -0.2) is 18.8 Å². The van der Waals surface area contributed by atoms with Crippen molar-refractivity contribution in [2.24, 2.45) is 5.92 Å². The van der Waals surface area contributed by atoms with Gasteiger partial charge in [-0.05, 0) is 31.7 Å². The highest BCUT2D eigenvalue weighted by Crippen LogP contribution is 2.21. The van der Waals surface area contributed by atoms with E-state index in [1.165, 1.54) is 25.8 Å². The molecule has 2 rings (SSSR count). The number of hydrogen-bond acceptors (Lipinski definition) is 2. The fourth-order valence-corrected chi connectivity index (χ4v) is 1.57. The summed E-state index contributed by atoms with van der Waals surface area (Å²) in [6.45, 7) is 3.51. The lowest BCUT2D eigenvalue weighted by Crippen LogP contribution is -2.38. The summed E-state index contributed by atoms with van der Waals surface area (Å²) in [6.07, 6.45) is 4.73. The summed E-state index contributed by atoms with van der Waals surface area (Å²) < 4.78 is 0. The van der Waals surface area contributed by atoms with Gasteiger partial charge in [-0.25, -0.2) is 0 Å². The molecule has 10 heavy (non-hydrogen) atoms. The van der Waals surface area contributed by atoms with Gasteiger partial charge in [0.05, 0.1) is 6.17 Å². The molecule has 1 heterocycles. The van der Waals surface area contributed by atoms with Gasteiger partial charge in [0.2, 0.25) is 0 Å². The normalized spacial score (nSPS) is 40.5. The molecule has 2 atom stereocenters. The maximum atomic E-state index is 3.57. The van der Waals surface area contributed by atoms with Crippen LogP contribution in [0.25, 0.3) is 0 Å². The van der Waals surface area contributed by atoms with Gasteiger partial charge in [-0.15, -0.1) is 0 Å². The van der Waals surface area contributed by atoms with E-state index in [0.29, 0.717) is 6.17 Å². The van der Waals surface area contributed by atoms with Crippen molar-refractivity contribution in [2.75, 3.05) is 6.54 Å². The van der Waals surface area contributed by atoms with Crippen LogP contribution in [0.3, 0.4) is 0 Å². The molecule has 2 aliphatic rings. The third-order valence-electron chi connectivity index (χ3n) is 2.37. The average Bonchev–Trinajstić information content (AvgIpc) is 2.59. The largest absolute Gasteiger partial charge is 0.302 e. The Morgan fingerprint density at radius 3 is 2.70 bits per heavy atom. The van der Waals surface area contributed by atoms with Crippen LogP contribution < -0.4 is 10.6 Å². The van der Waals surface area contributed by atoms with E-state index in [0.717, 1.165) is 12.0 Å². The van der Waals surface area contributed by atoms with E-state index in [2.05, 4.69) is 17.6 Å². The Balaban J connectivity index is 1.72. The highest BCUT2D eigenvalue weighted by molar-refractivity contribution is 4.87. The maximum Gasteiger partial charge on any atom is 0.0576 e. The van der Waals surface area contributed by atoms with Crippen LogP contribution in [0, 0.1) is 5.92 Å². The van der Waals surface area contributed by atoms with Gasteiger partial charge in [-0.3, -0.25) is 5.32 Å². The van der Waals surface area contributed by atoms with E-state index < -0.39 is 0 Å². The minimum atomic E-state index is 0.627. The lowest BCUT2D eigenvalue weighted by molar-refractivity contribution is 0.470. The predicted octanol–water partition coefficient (Wildman–Crippen LogP) is 0.694. The van der Waals surface area contributed by atoms with Gasteiger partial charge in [0.1, 0.15) is 0 Å². The van der Waals surface area contributed by atoms with Crippen molar-refractivity contribution in [1.82, 2.24) is 10.6 Å². The zero-order chi connectivity index (χ0) is 6.97. The number of nitrogens with one attached hydrogen (secondary N) is 2. The third kappa shape index (κ3) is 1.50. The molecule has 0 radical (unpaired) electrons. The molecule has 0 aromatic rings. The van der Waals surface area contributed by atoms with Crippen LogP contribution in [0.15, 0.2) is 0 Å². The second kappa shape index (κ2) is 2.51. The Hall–Kier alpha value is -0.0800. The molecule has 1 saturated carbocycles. The van der Waals surface area contributed by atoms with Crippen LogP contribution in [0.2, 0.25) is 0 Å². The van der Waals surface area contributed by atoms with Crippen LogP contribution in [0.5, 0.6) is 0 Å². The molecule has 0 bridgehead atoms. The molecule has 1 saturated heterocycles. The third-order valence-corrected chi connectivity index (χ3v) is 2.37. The van der Waals surface area contributed by atoms with Crippen molar-refractivity contribution in [3.8, 4) is 0 Å². The summed E-state index contributed by atoms with van der Waals surface area (Å²) in [5.41, 5.74) is 0. The molecule has 1 aliphatic carbocycles. The molecule has 1 aliphatic heterocycles. The lowest BCUT2D eigenvalue weighted by Gasteiger charge is -2.10. The Bertz CT molecular complexity index is 120. The molecular formula is C8H16N2. The van der Waals surface area contributed by atoms with Gasteiger partial charge in [-0.1, -0.05) is 6.92 Å². The first-order valence-corrected chi connectivity index (χ1v) is 4.34. The molecule has 2 heteroatoms. The second-order valence-electron chi connectivity index (χ2n) is 3.74. The quantitative estimate of drug-likeness (QED) is 0.590. The minimum Gasteiger partial charge on any atom is -0.302 e. The molecule has 58 valence electrons. The van der Waals surface area contributed by atoms with E-state index in [-0.39, 0.29) is 0 Å². The molecule has 0 amide bonds. The summed E-state index contributed by atoms with van der Waals surface area (Å²) in [5, 5.41) is 7.04. The molecule has 2 nitrogen and oxygen atoms in total. The fourth-order valence-electron chi connectivity index (χ4n) is 1.57. The van der Waals surface area contributed by atoms with Gasteiger partial charge in [0, 0.05) is 6.04 Å². The lowest BCUT2D eigenvalue weighted by atomic mass is 10.1. The number of hydrogen-bond donors (Lipinski definition) is 2. The van der Waals surface area contributed by atoms with E-state index in [9.17, 15) is 0 Å². The van der Waals surface area contributed by atoms with Gasteiger partial charge >= 0.3 is 0 Å². The van der Waals surface area contributed by atoms with Crippen molar-refractivity contribution < 1.29 is 0 Å². The van der Waals surface area contributed by atoms with Gasteiger partial charge in [0.15, 0.2) is 0 Å². The maximum absolute atomic E-state index is 3.57. The van der Waals surface area contributed by atoms with Crippen LogP contribution in [0.4, 0.5) is 0 Å². The summed E-state index contributed by atoms with van der Waals surface area (Å²) >= 11 is 0. The Kier molecular flexibility index (Phi) is 1.66. The smallest absolute Gasteiger partial charge is 0.0576 e. The molecule has 2 unspecified atom stereocenters. The van der Waals surface area contributed by atoms with Gasteiger partial charge in [0.25, 0.3) is 0 Å². The van der Waals surface area contributed by atoms with E-state index >= 15 is 0 Å². The Morgan fingerprint density at radius 1 is 1.40 bits per heavy atom. The van der Waals surface area contributed by atoms with Crippen molar-refractivity contribution in [3.05, 3.63) is 0 Å². The molecule has 0 spiro atoms.